The first-order chi connectivity index (χ1) is 3.81. The minimum absolute atomic E-state index is 0.879. The highest BCUT2D eigenvalue weighted by Crippen LogP contribution is 1.85. The van der Waals surface area contributed by atoms with E-state index < -0.39 is 0 Å². The van der Waals surface area contributed by atoms with Gasteiger partial charge in [0.15, 0.2) is 0 Å². The zero-order valence-corrected chi connectivity index (χ0v) is 5.36. The number of hydrogen-bond donors (Lipinski definition) is 1. The monoisotopic (exact) mass is 109 g/mol. The molecule has 0 rings (SSSR count). The van der Waals surface area contributed by atoms with E-state index in [1.54, 1.807) is 6.08 Å². The van der Waals surface area contributed by atoms with Gasteiger partial charge in [0.1, 0.15) is 0 Å². The van der Waals surface area contributed by atoms with E-state index in [9.17, 15) is 0 Å². The van der Waals surface area contributed by atoms with Gasteiger partial charge in [-0.25, -0.2) is 0 Å². The van der Waals surface area contributed by atoms with Gasteiger partial charge >= 0.3 is 0 Å². The summed E-state index contributed by atoms with van der Waals surface area (Å²) < 4.78 is 0. The molecule has 0 aliphatic heterocycles. The number of terminal acetylenes is 1. The molecule has 0 radical (unpaired) electrons. The van der Waals surface area contributed by atoms with E-state index in [1.165, 1.54) is 5.57 Å². The fourth-order valence-electron chi connectivity index (χ4n) is 0.472. The lowest BCUT2D eigenvalue weighted by molar-refractivity contribution is 0.881. The molecule has 1 nitrogen and oxygen atoms in total. The van der Waals surface area contributed by atoms with Gasteiger partial charge in [-0.3, -0.25) is 0 Å². The number of rotatable bonds is 2. The largest absolute Gasteiger partial charge is 0.316 e. The van der Waals surface area contributed by atoms with E-state index in [2.05, 4.69) is 11.2 Å². The Morgan fingerprint density at radius 3 is 2.88 bits per heavy atom. The van der Waals surface area contributed by atoms with Crippen LogP contribution in [0, 0.1) is 12.3 Å². The van der Waals surface area contributed by atoms with E-state index in [0.29, 0.717) is 0 Å². The summed E-state index contributed by atoms with van der Waals surface area (Å²) in [6.07, 6.45) is 6.77. The van der Waals surface area contributed by atoms with Crippen LogP contribution in [0.1, 0.15) is 6.92 Å². The van der Waals surface area contributed by atoms with Crippen LogP contribution in [0.2, 0.25) is 0 Å². The third-order valence-corrected chi connectivity index (χ3v) is 0.785. The average molecular weight is 109 g/mol. The normalized spacial score (nSPS) is 10.9. The summed E-state index contributed by atoms with van der Waals surface area (Å²) in [4.78, 5) is 0. The lowest BCUT2D eigenvalue weighted by Crippen LogP contribution is -2.08. The Morgan fingerprint density at radius 2 is 2.50 bits per heavy atom. The maximum Gasteiger partial charge on any atom is 0.0168 e. The molecule has 0 bridgehead atoms. The Balaban J connectivity index is 3.49. The highest BCUT2D eigenvalue weighted by Gasteiger charge is 1.79. The summed E-state index contributed by atoms with van der Waals surface area (Å²) in [5.74, 6) is 2.45. The molecule has 0 aromatic heterocycles. The zero-order chi connectivity index (χ0) is 6.41. The molecule has 0 aromatic rings. The highest BCUT2D eigenvalue weighted by atomic mass is 14.8. The Morgan fingerprint density at radius 1 is 1.88 bits per heavy atom. The first kappa shape index (κ1) is 7.26. The van der Waals surface area contributed by atoms with Crippen molar-refractivity contribution in [2.24, 2.45) is 0 Å². The number of hydrogen-bond acceptors (Lipinski definition) is 1. The van der Waals surface area contributed by atoms with Crippen LogP contribution in [0.15, 0.2) is 11.6 Å². The summed E-state index contributed by atoms with van der Waals surface area (Å²) in [6.45, 7) is 2.88. The van der Waals surface area contributed by atoms with Crippen molar-refractivity contribution in [2.45, 2.75) is 6.92 Å². The van der Waals surface area contributed by atoms with Crippen molar-refractivity contribution < 1.29 is 0 Å². The van der Waals surface area contributed by atoms with Crippen LogP contribution in [-0.4, -0.2) is 13.6 Å². The molecule has 1 heteroatoms. The molecule has 0 unspecified atom stereocenters. The Labute approximate surface area is 50.8 Å². The van der Waals surface area contributed by atoms with Crippen LogP contribution < -0.4 is 5.32 Å². The molecule has 0 aromatic carbocycles. The van der Waals surface area contributed by atoms with Crippen molar-refractivity contribution in [3.05, 3.63) is 11.6 Å². The standard InChI is InChI=1S/C7H11N/c1-4-5-7(2)6-8-3/h1,5,8H,6H2,2-3H3/b7-5+. The second-order valence-corrected chi connectivity index (χ2v) is 1.69. The maximum absolute atomic E-state index is 5.01. The van der Waals surface area contributed by atoms with E-state index in [0.717, 1.165) is 6.54 Å². The summed E-state index contributed by atoms with van der Waals surface area (Å²) in [5.41, 5.74) is 1.19. The predicted molar refractivity (Wildman–Crippen MR) is 36.5 cm³/mol. The molecule has 0 saturated carbocycles. The first-order valence-corrected chi connectivity index (χ1v) is 2.57. The number of allylic oxidation sites excluding steroid dienone is 1. The van der Waals surface area contributed by atoms with Crippen molar-refractivity contribution in [1.82, 2.24) is 5.32 Å². The molecule has 0 fully saturated rings. The molecule has 0 spiro atoms. The van der Waals surface area contributed by atoms with Crippen LogP contribution in [0.3, 0.4) is 0 Å². The molecule has 0 atom stereocenters. The number of likely N-dealkylation sites (N-methyl/N-ethyl adjacent to an activating group) is 1. The van der Waals surface area contributed by atoms with Gasteiger partial charge in [-0.2, -0.15) is 0 Å². The predicted octanol–water partition coefficient (Wildman–Crippen LogP) is 0.785. The van der Waals surface area contributed by atoms with E-state index in [4.69, 9.17) is 6.42 Å². The van der Waals surface area contributed by atoms with Crippen molar-refractivity contribution in [3.63, 3.8) is 0 Å². The van der Waals surface area contributed by atoms with Gasteiger partial charge in [-0.15, -0.1) is 6.42 Å². The van der Waals surface area contributed by atoms with E-state index in [1.807, 2.05) is 14.0 Å². The van der Waals surface area contributed by atoms with Gasteiger partial charge in [0.05, 0.1) is 0 Å². The second kappa shape index (κ2) is 4.42. The zero-order valence-electron chi connectivity index (χ0n) is 5.36. The fourth-order valence-corrected chi connectivity index (χ4v) is 0.472. The maximum atomic E-state index is 5.01. The molecule has 0 amide bonds. The van der Waals surface area contributed by atoms with Gasteiger partial charge in [-0.1, -0.05) is 11.5 Å². The molecule has 8 heavy (non-hydrogen) atoms. The van der Waals surface area contributed by atoms with Gasteiger partial charge in [0, 0.05) is 6.54 Å². The topological polar surface area (TPSA) is 12.0 Å². The van der Waals surface area contributed by atoms with Crippen LogP contribution in [0.5, 0.6) is 0 Å². The summed E-state index contributed by atoms with van der Waals surface area (Å²) in [5, 5.41) is 2.99. The quantitative estimate of drug-likeness (QED) is 0.517. The van der Waals surface area contributed by atoms with Gasteiger partial charge in [0.2, 0.25) is 0 Å². The highest BCUT2D eigenvalue weighted by molar-refractivity contribution is 5.16. The van der Waals surface area contributed by atoms with Crippen LogP contribution in [-0.2, 0) is 0 Å². The third kappa shape index (κ3) is 3.45. The lowest BCUT2D eigenvalue weighted by Gasteiger charge is -1.93. The molecular weight excluding hydrogens is 98.1 g/mol. The second-order valence-electron chi connectivity index (χ2n) is 1.69. The molecular formula is C7H11N. The number of nitrogens with one attached hydrogen (secondary N) is 1. The van der Waals surface area contributed by atoms with Gasteiger partial charge < -0.3 is 5.32 Å². The minimum atomic E-state index is 0.879. The molecule has 0 aliphatic carbocycles. The summed E-state index contributed by atoms with van der Waals surface area (Å²) in [7, 11) is 1.90. The van der Waals surface area contributed by atoms with E-state index in [-0.39, 0.29) is 0 Å². The van der Waals surface area contributed by atoms with Crippen LogP contribution >= 0.6 is 0 Å². The van der Waals surface area contributed by atoms with Crippen LogP contribution in [0.4, 0.5) is 0 Å². The smallest absolute Gasteiger partial charge is 0.0168 e. The molecule has 44 valence electrons. The van der Waals surface area contributed by atoms with Crippen molar-refractivity contribution in [2.75, 3.05) is 13.6 Å². The average Bonchev–Trinajstić information content (AvgIpc) is 1.68. The summed E-state index contributed by atoms with van der Waals surface area (Å²) >= 11 is 0. The Hall–Kier alpha value is -0.740. The van der Waals surface area contributed by atoms with Crippen LogP contribution in [0.25, 0.3) is 0 Å². The van der Waals surface area contributed by atoms with E-state index >= 15 is 0 Å². The van der Waals surface area contributed by atoms with Crippen molar-refractivity contribution in [1.29, 1.82) is 0 Å². The molecule has 1 N–H and O–H groups in total. The van der Waals surface area contributed by atoms with Crippen molar-refractivity contribution in [3.8, 4) is 12.3 Å². The molecule has 0 heterocycles. The molecule has 0 aliphatic rings. The van der Waals surface area contributed by atoms with Gasteiger partial charge in [-0.05, 0) is 20.0 Å². The first-order valence-electron chi connectivity index (χ1n) is 2.57. The fraction of sp³-hybridized carbons (Fsp3) is 0.429. The molecule has 0 saturated heterocycles. The minimum Gasteiger partial charge on any atom is -0.316 e. The Kier molecular flexibility index (Phi) is 4.01. The summed E-state index contributed by atoms with van der Waals surface area (Å²) in [6, 6.07) is 0. The Bertz CT molecular complexity index is 117. The third-order valence-electron chi connectivity index (χ3n) is 0.785. The van der Waals surface area contributed by atoms with Crippen molar-refractivity contribution >= 4 is 0 Å². The van der Waals surface area contributed by atoms with Gasteiger partial charge in [0.25, 0.3) is 0 Å². The lowest BCUT2D eigenvalue weighted by atomic mass is 10.3. The SMILES string of the molecule is C#C/C=C(\C)CNC.